The Kier molecular flexibility index (Phi) is 6.57. The lowest BCUT2D eigenvalue weighted by Crippen LogP contribution is -2.30. The van der Waals surface area contributed by atoms with Crippen LogP contribution in [0, 0.1) is 18.3 Å². The maximum absolute atomic E-state index is 12.1. The summed E-state index contributed by atoms with van der Waals surface area (Å²) in [5, 5.41) is 12.2. The molecule has 0 atom stereocenters. The first-order valence-electron chi connectivity index (χ1n) is 6.55. The maximum Gasteiger partial charge on any atom is 0.267 e. The Morgan fingerprint density at radius 1 is 1.50 bits per heavy atom. The smallest absolute Gasteiger partial charge is 0.267 e. The lowest BCUT2D eigenvalue weighted by Gasteiger charge is -2.15. The third-order valence-electron chi connectivity index (χ3n) is 2.85. The van der Waals surface area contributed by atoms with Gasteiger partial charge in [0.2, 0.25) is 5.91 Å². The zero-order chi connectivity index (χ0) is 16.7. The van der Waals surface area contributed by atoms with Gasteiger partial charge in [-0.15, -0.1) is 0 Å². The van der Waals surface area contributed by atoms with Crippen LogP contribution in [-0.2, 0) is 9.59 Å². The van der Waals surface area contributed by atoms with Crippen molar-refractivity contribution in [3.63, 3.8) is 0 Å². The zero-order valence-electron chi connectivity index (χ0n) is 12.4. The molecule has 1 aromatic rings. The molecule has 22 heavy (non-hydrogen) atoms. The fourth-order valence-electron chi connectivity index (χ4n) is 1.62. The molecule has 2 amide bonds. The molecular weight excluding hydrogens is 304 g/mol. The summed E-state index contributed by atoms with van der Waals surface area (Å²) in [5.74, 6) is -0.921. The number of hydrogen-bond donors (Lipinski definition) is 2. The van der Waals surface area contributed by atoms with Gasteiger partial charge < -0.3 is 16.0 Å². The van der Waals surface area contributed by atoms with Crippen LogP contribution in [0.5, 0.6) is 0 Å². The van der Waals surface area contributed by atoms with Crippen LogP contribution in [0.1, 0.15) is 12.5 Å². The Hall–Kier alpha value is -2.36. The molecule has 0 aliphatic carbocycles. The predicted octanol–water partition coefficient (Wildman–Crippen LogP) is 1.80. The van der Waals surface area contributed by atoms with Crippen molar-refractivity contribution in [3.05, 3.63) is 40.6 Å². The van der Waals surface area contributed by atoms with Gasteiger partial charge >= 0.3 is 0 Å². The number of benzene rings is 1. The van der Waals surface area contributed by atoms with Gasteiger partial charge in [-0.3, -0.25) is 9.59 Å². The molecule has 116 valence electrons. The van der Waals surface area contributed by atoms with E-state index in [-0.39, 0.29) is 24.6 Å². The van der Waals surface area contributed by atoms with Crippen LogP contribution >= 0.6 is 11.6 Å². The van der Waals surface area contributed by atoms with E-state index in [1.165, 1.54) is 18.0 Å². The molecule has 0 aliphatic heterocycles. The van der Waals surface area contributed by atoms with Crippen LogP contribution < -0.4 is 11.1 Å². The molecule has 6 nitrogen and oxygen atoms in total. The van der Waals surface area contributed by atoms with Crippen molar-refractivity contribution in [2.24, 2.45) is 5.73 Å². The summed E-state index contributed by atoms with van der Waals surface area (Å²) < 4.78 is 0. The van der Waals surface area contributed by atoms with Gasteiger partial charge in [-0.25, -0.2) is 0 Å². The normalized spacial score (nSPS) is 10.8. The largest absolute Gasteiger partial charge is 0.329 e. The average molecular weight is 321 g/mol. The Morgan fingerprint density at radius 3 is 2.68 bits per heavy atom. The Labute approximate surface area is 134 Å². The molecule has 3 N–H and O–H groups in total. The fraction of sp³-hybridized carbons (Fsp3) is 0.267. The van der Waals surface area contributed by atoms with Gasteiger partial charge in [0, 0.05) is 36.9 Å². The van der Waals surface area contributed by atoms with Crippen molar-refractivity contribution in [3.8, 4) is 6.07 Å². The van der Waals surface area contributed by atoms with Crippen LogP contribution in [0.2, 0.25) is 5.02 Å². The van der Waals surface area contributed by atoms with Crippen LogP contribution in [0.4, 0.5) is 5.69 Å². The van der Waals surface area contributed by atoms with Crippen LogP contribution in [-0.4, -0.2) is 29.8 Å². The molecule has 0 radical (unpaired) electrons. The Bertz CT molecular complexity index is 649. The molecule has 0 spiro atoms. The number of rotatable bonds is 5. The monoisotopic (exact) mass is 320 g/mol. The van der Waals surface area contributed by atoms with Gasteiger partial charge in [0.25, 0.3) is 5.91 Å². The highest BCUT2D eigenvalue weighted by Crippen LogP contribution is 2.20. The second-order valence-corrected chi connectivity index (χ2v) is 4.98. The van der Waals surface area contributed by atoms with Gasteiger partial charge in [0.05, 0.1) is 0 Å². The second-order valence-electron chi connectivity index (χ2n) is 4.57. The minimum absolute atomic E-state index is 0.194. The molecule has 0 saturated carbocycles. The van der Waals surface area contributed by atoms with E-state index in [1.54, 1.807) is 24.3 Å². The number of amides is 2. The Balaban J connectivity index is 2.94. The Morgan fingerprint density at radius 2 is 2.18 bits per heavy atom. The number of nitriles is 1. The molecule has 0 heterocycles. The zero-order valence-corrected chi connectivity index (χ0v) is 13.1. The third kappa shape index (κ3) is 4.88. The number of anilines is 1. The number of nitrogens with zero attached hydrogens (tertiary/aromatic N) is 2. The lowest BCUT2D eigenvalue weighted by molar-refractivity contribution is -0.126. The van der Waals surface area contributed by atoms with E-state index >= 15 is 0 Å². The van der Waals surface area contributed by atoms with Crippen LogP contribution in [0.15, 0.2) is 30.0 Å². The number of nitrogens with one attached hydrogen (secondary N) is 1. The van der Waals surface area contributed by atoms with Crippen molar-refractivity contribution in [2.45, 2.75) is 13.8 Å². The molecule has 0 aromatic heterocycles. The minimum Gasteiger partial charge on any atom is -0.329 e. The second kappa shape index (κ2) is 8.17. The van der Waals surface area contributed by atoms with E-state index in [0.717, 1.165) is 5.56 Å². The lowest BCUT2D eigenvalue weighted by atomic mass is 10.2. The van der Waals surface area contributed by atoms with Gasteiger partial charge in [0.1, 0.15) is 11.6 Å². The van der Waals surface area contributed by atoms with E-state index in [2.05, 4.69) is 5.32 Å². The van der Waals surface area contributed by atoms with Crippen molar-refractivity contribution in [1.82, 2.24) is 4.90 Å². The summed E-state index contributed by atoms with van der Waals surface area (Å²) >= 11 is 5.98. The molecule has 0 fully saturated rings. The predicted molar refractivity (Wildman–Crippen MR) is 85.0 cm³/mol. The molecule has 0 unspecified atom stereocenters. The maximum atomic E-state index is 12.1. The van der Waals surface area contributed by atoms with Gasteiger partial charge in [0.15, 0.2) is 0 Å². The van der Waals surface area contributed by atoms with E-state index < -0.39 is 5.91 Å². The van der Waals surface area contributed by atoms with Gasteiger partial charge in [-0.2, -0.15) is 5.26 Å². The fourth-order valence-corrected chi connectivity index (χ4v) is 1.80. The third-order valence-corrected chi connectivity index (χ3v) is 3.26. The highest BCUT2D eigenvalue weighted by atomic mass is 35.5. The van der Waals surface area contributed by atoms with Crippen molar-refractivity contribution in [1.29, 1.82) is 5.26 Å². The molecule has 0 saturated heterocycles. The molecular formula is C15H17ClN4O2. The van der Waals surface area contributed by atoms with E-state index in [9.17, 15) is 9.59 Å². The topological polar surface area (TPSA) is 99.2 Å². The summed E-state index contributed by atoms with van der Waals surface area (Å²) in [7, 11) is 0. The molecule has 1 rings (SSSR count). The first-order valence-corrected chi connectivity index (χ1v) is 6.93. The molecule has 0 aliphatic rings. The van der Waals surface area contributed by atoms with Crippen molar-refractivity contribution >= 4 is 29.1 Å². The highest BCUT2D eigenvalue weighted by Gasteiger charge is 2.13. The number of aryl methyl sites for hydroxylation is 1. The van der Waals surface area contributed by atoms with Crippen LogP contribution in [0.3, 0.4) is 0 Å². The van der Waals surface area contributed by atoms with Crippen molar-refractivity contribution in [2.75, 3.05) is 18.4 Å². The summed E-state index contributed by atoms with van der Waals surface area (Å²) in [6, 6.07) is 6.79. The van der Waals surface area contributed by atoms with Crippen LogP contribution in [0.25, 0.3) is 0 Å². The SMILES string of the molecule is CC(=O)N(/C=C(/C#N)C(=O)Nc1ccc(C)c(Cl)c1)CCN. The minimum atomic E-state index is -0.620. The van der Waals surface area contributed by atoms with E-state index in [4.69, 9.17) is 22.6 Å². The number of hydrogen-bond acceptors (Lipinski definition) is 4. The molecule has 1 aromatic carbocycles. The van der Waals surface area contributed by atoms with Gasteiger partial charge in [-0.1, -0.05) is 17.7 Å². The highest BCUT2D eigenvalue weighted by molar-refractivity contribution is 6.31. The summed E-state index contributed by atoms with van der Waals surface area (Å²) in [5.41, 5.74) is 6.54. The molecule has 0 bridgehead atoms. The number of carbonyl (C=O) groups excluding carboxylic acids is 2. The summed E-state index contributed by atoms with van der Waals surface area (Å²) in [4.78, 5) is 24.7. The standard InChI is InChI=1S/C15H17ClN4O2/c1-10-3-4-13(7-14(10)16)19-15(22)12(8-18)9-20(6-5-17)11(2)21/h3-4,7,9H,5-6,17H2,1-2H3,(H,19,22)/b12-9-. The quantitative estimate of drug-likeness (QED) is 0.638. The average Bonchev–Trinajstić information content (AvgIpc) is 2.46. The number of nitrogens with two attached hydrogens (primary N) is 1. The number of halogens is 1. The summed E-state index contributed by atoms with van der Waals surface area (Å²) in [6.45, 7) is 3.62. The summed E-state index contributed by atoms with van der Waals surface area (Å²) in [6.07, 6.45) is 1.19. The van der Waals surface area contributed by atoms with Gasteiger partial charge in [-0.05, 0) is 24.6 Å². The first-order chi connectivity index (χ1) is 10.4. The van der Waals surface area contributed by atoms with E-state index in [1.807, 2.05) is 6.92 Å². The first kappa shape index (κ1) is 17.7. The molecule has 7 heteroatoms. The van der Waals surface area contributed by atoms with Crippen molar-refractivity contribution < 1.29 is 9.59 Å². The number of carbonyl (C=O) groups is 2. The van der Waals surface area contributed by atoms with E-state index in [0.29, 0.717) is 10.7 Å².